The average Bonchev–Trinajstić information content (AvgIpc) is 2.51. The Hall–Kier alpha value is -1.59. The van der Waals surface area contributed by atoms with E-state index in [1.807, 2.05) is 50.2 Å². The molecule has 0 unspecified atom stereocenters. The summed E-state index contributed by atoms with van der Waals surface area (Å²) in [5.74, 6) is 0. The summed E-state index contributed by atoms with van der Waals surface area (Å²) in [6.45, 7) is 4.26. The Morgan fingerprint density at radius 2 is 1.64 bits per heavy atom. The summed E-state index contributed by atoms with van der Waals surface area (Å²) in [6.07, 6.45) is 0. The molecule has 0 spiro atoms. The summed E-state index contributed by atoms with van der Waals surface area (Å²) in [4.78, 5) is 0.313. The van der Waals surface area contributed by atoms with Gasteiger partial charge >= 0.3 is 0 Å². The molecule has 0 aromatic heterocycles. The van der Waals surface area contributed by atoms with Gasteiger partial charge in [0.25, 0.3) is 10.0 Å². The molecule has 0 bridgehead atoms. The first kappa shape index (κ1) is 15.3. The second-order valence-corrected chi connectivity index (χ2v) is 8.19. The smallest absolute Gasteiger partial charge is 0.261 e. The van der Waals surface area contributed by atoms with Gasteiger partial charge in [-0.3, -0.25) is 4.31 Å². The van der Waals surface area contributed by atoms with Gasteiger partial charge in [0.1, 0.15) is 0 Å². The number of allylic oxidation sites excluding steroid dienone is 1. The highest BCUT2D eigenvalue weighted by Crippen LogP contribution is 2.39. The Balaban J connectivity index is 2.15. The maximum absolute atomic E-state index is 13.0. The Morgan fingerprint density at radius 3 is 2.32 bits per heavy atom. The normalized spacial score (nSPS) is 15.0. The van der Waals surface area contributed by atoms with Crippen LogP contribution in [0.2, 0.25) is 0 Å². The zero-order valence-electron chi connectivity index (χ0n) is 12.4. The summed E-state index contributed by atoms with van der Waals surface area (Å²) in [5, 5.41) is 0. The van der Waals surface area contributed by atoms with Crippen LogP contribution < -0.4 is 4.31 Å². The van der Waals surface area contributed by atoms with Gasteiger partial charge in [-0.2, -0.15) is 0 Å². The third kappa shape index (κ3) is 2.48. The molecule has 0 atom stereocenters. The Bertz CT molecular complexity index is 854. The number of para-hydroxylation sites is 1. The monoisotopic (exact) mass is 377 g/mol. The Morgan fingerprint density at radius 1 is 1.00 bits per heavy atom. The number of aryl methyl sites for hydroxylation is 1. The van der Waals surface area contributed by atoms with Crippen LogP contribution in [0.25, 0.3) is 5.57 Å². The van der Waals surface area contributed by atoms with Gasteiger partial charge in [-0.05, 0) is 37.6 Å². The fraction of sp³-hybridized carbons (Fsp3) is 0.176. The number of fused-ring (bicyclic) bond motifs is 1. The van der Waals surface area contributed by atoms with E-state index in [0.717, 1.165) is 26.9 Å². The van der Waals surface area contributed by atoms with Crippen LogP contribution in [0, 0.1) is 6.92 Å². The first-order valence-corrected chi connectivity index (χ1v) is 9.18. The molecule has 1 heterocycles. The van der Waals surface area contributed by atoms with Crippen molar-refractivity contribution >= 4 is 37.2 Å². The number of hydrogen-bond donors (Lipinski definition) is 0. The van der Waals surface area contributed by atoms with Gasteiger partial charge in [-0.15, -0.1) is 0 Å². The van der Waals surface area contributed by atoms with Gasteiger partial charge in [-0.25, -0.2) is 8.42 Å². The number of benzene rings is 2. The highest BCUT2D eigenvalue weighted by atomic mass is 79.9. The van der Waals surface area contributed by atoms with Crippen molar-refractivity contribution in [1.29, 1.82) is 0 Å². The van der Waals surface area contributed by atoms with Crippen molar-refractivity contribution in [3.8, 4) is 0 Å². The number of sulfonamides is 1. The third-order valence-electron chi connectivity index (χ3n) is 3.88. The van der Waals surface area contributed by atoms with Crippen LogP contribution in [0.1, 0.15) is 18.1 Å². The zero-order valence-corrected chi connectivity index (χ0v) is 14.8. The van der Waals surface area contributed by atoms with Gasteiger partial charge in [-0.1, -0.05) is 51.8 Å². The predicted molar refractivity (Wildman–Crippen MR) is 93.7 cm³/mol. The SMILES string of the molecule is CC1=C(Br)CN(S(=O)(=O)c2ccc(C)cc2)c2ccccc21. The molecular formula is C17H16BrNO2S. The van der Waals surface area contributed by atoms with Gasteiger partial charge in [0.2, 0.25) is 0 Å². The van der Waals surface area contributed by atoms with Crippen LogP contribution in [0.3, 0.4) is 0 Å². The molecular weight excluding hydrogens is 362 g/mol. The van der Waals surface area contributed by atoms with E-state index in [1.54, 1.807) is 12.1 Å². The lowest BCUT2D eigenvalue weighted by Gasteiger charge is -2.31. The van der Waals surface area contributed by atoms with Crippen LogP contribution in [0.15, 0.2) is 57.9 Å². The van der Waals surface area contributed by atoms with Crippen molar-refractivity contribution < 1.29 is 8.42 Å². The van der Waals surface area contributed by atoms with Crippen LogP contribution in [-0.4, -0.2) is 15.0 Å². The maximum atomic E-state index is 13.0. The van der Waals surface area contributed by atoms with E-state index in [1.165, 1.54) is 4.31 Å². The Kier molecular flexibility index (Phi) is 3.87. The van der Waals surface area contributed by atoms with E-state index in [0.29, 0.717) is 11.4 Å². The molecule has 22 heavy (non-hydrogen) atoms. The standard InChI is InChI=1S/C17H16BrNO2S/c1-12-7-9-14(10-8-12)22(20,21)19-11-16(18)13(2)15-5-3-4-6-17(15)19/h3-10H,11H2,1-2H3. The number of halogens is 1. The van der Waals surface area contributed by atoms with E-state index in [9.17, 15) is 8.42 Å². The van der Waals surface area contributed by atoms with Crippen molar-refractivity contribution in [3.05, 3.63) is 64.1 Å². The molecule has 0 N–H and O–H groups in total. The molecule has 1 aliphatic heterocycles. The molecule has 1 aliphatic rings. The fourth-order valence-corrected chi connectivity index (χ4v) is 4.62. The van der Waals surface area contributed by atoms with Crippen molar-refractivity contribution in [1.82, 2.24) is 0 Å². The minimum atomic E-state index is -3.58. The number of anilines is 1. The molecule has 0 radical (unpaired) electrons. The summed E-state index contributed by atoms with van der Waals surface area (Å²) < 4.78 is 28.3. The maximum Gasteiger partial charge on any atom is 0.264 e. The summed E-state index contributed by atoms with van der Waals surface area (Å²) in [7, 11) is -3.58. The van der Waals surface area contributed by atoms with E-state index >= 15 is 0 Å². The van der Waals surface area contributed by atoms with Crippen molar-refractivity contribution in [2.45, 2.75) is 18.7 Å². The molecule has 0 saturated carbocycles. The molecule has 0 amide bonds. The molecule has 0 aliphatic carbocycles. The van der Waals surface area contributed by atoms with E-state index < -0.39 is 10.0 Å². The molecule has 2 aromatic rings. The molecule has 3 rings (SSSR count). The lowest BCUT2D eigenvalue weighted by atomic mass is 10.0. The van der Waals surface area contributed by atoms with Crippen molar-refractivity contribution in [3.63, 3.8) is 0 Å². The highest BCUT2D eigenvalue weighted by Gasteiger charge is 2.30. The number of rotatable bonds is 2. The highest BCUT2D eigenvalue weighted by molar-refractivity contribution is 9.11. The molecule has 2 aromatic carbocycles. The average molecular weight is 378 g/mol. The van der Waals surface area contributed by atoms with Gasteiger partial charge in [0, 0.05) is 10.0 Å². The Labute approximate surface area is 139 Å². The topological polar surface area (TPSA) is 37.4 Å². The zero-order chi connectivity index (χ0) is 15.9. The molecule has 0 saturated heterocycles. The summed E-state index contributed by atoms with van der Waals surface area (Å²) in [6, 6.07) is 14.5. The van der Waals surface area contributed by atoms with Crippen molar-refractivity contribution in [2.24, 2.45) is 0 Å². The van der Waals surface area contributed by atoms with Crippen LogP contribution >= 0.6 is 15.9 Å². The van der Waals surface area contributed by atoms with E-state index in [2.05, 4.69) is 15.9 Å². The van der Waals surface area contributed by atoms with E-state index in [-0.39, 0.29) is 0 Å². The largest absolute Gasteiger partial charge is 0.264 e. The lowest BCUT2D eigenvalue weighted by Crippen LogP contribution is -2.34. The molecule has 5 heteroatoms. The second-order valence-electron chi connectivity index (χ2n) is 5.37. The second kappa shape index (κ2) is 5.56. The summed E-state index contributed by atoms with van der Waals surface area (Å²) >= 11 is 3.51. The van der Waals surface area contributed by atoms with Crippen molar-refractivity contribution in [2.75, 3.05) is 10.8 Å². The minimum Gasteiger partial charge on any atom is -0.261 e. The lowest BCUT2D eigenvalue weighted by molar-refractivity contribution is 0.592. The first-order chi connectivity index (χ1) is 10.4. The van der Waals surface area contributed by atoms with Gasteiger partial charge in [0.05, 0.1) is 17.1 Å². The fourth-order valence-electron chi connectivity index (χ4n) is 2.54. The van der Waals surface area contributed by atoms with E-state index in [4.69, 9.17) is 0 Å². The summed E-state index contributed by atoms with van der Waals surface area (Å²) in [5.41, 5.74) is 3.78. The van der Waals surface area contributed by atoms with Gasteiger partial charge < -0.3 is 0 Å². The minimum absolute atomic E-state index is 0.313. The predicted octanol–water partition coefficient (Wildman–Crippen LogP) is 4.33. The van der Waals surface area contributed by atoms with Crippen LogP contribution in [0.5, 0.6) is 0 Å². The number of nitrogens with zero attached hydrogens (tertiary/aromatic N) is 1. The van der Waals surface area contributed by atoms with Crippen LogP contribution in [0.4, 0.5) is 5.69 Å². The number of hydrogen-bond acceptors (Lipinski definition) is 2. The first-order valence-electron chi connectivity index (χ1n) is 6.95. The molecule has 0 fully saturated rings. The van der Waals surface area contributed by atoms with Gasteiger partial charge in [0.15, 0.2) is 0 Å². The quantitative estimate of drug-likeness (QED) is 0.780. The molecule has 3 nitrogen and oxygen atoms in total. The third-order valence-corrected chi connectivity index (χ3v) is 6.49. The van der Waals surface area contributed by atoms with Crippen LogP contribution in [-0.2, 0) is 10.0 Å². The molecule has 114 valence electrons.